The Bertz CT molecular complexity index is 841. The van der Waals surface area contributed by atoms with Crippen molar-refractivity contribution in [2.75, 3.05) is 31.2 Å². The summed E-state index contributed by atoms with van der Waals surface area (Å²) < 4.78 is 8.39. The van der Waals surface area contributed by atoms with Crippen LogP contribution in [0.4, 0.5) is 5.95 Å². The molecule has 4 rings (SSSR count). The van der Waals surface area contributed by atoms with Crippen molar-refractivity contribution in [2.45, 2.75) is 6.92 Å². The number of aryl methyl sites for hydroxylation is 1. The van der Waals surface area contributed by atoms with Crippen LogP contribution in [0.3, 0.4) is 0 Å². The second-order valence-corrected chi connectivity index (χ2v) is 6.42. The van der Waals surface area contributed by atoms with E-state index in [2.05, 4.69) is 39.0 Å². The Morgan fingerprint density at radius 1 is 1.13 bits per heavy atom. The Kier molecular flexibility index (Phi) is 3.79. The van der Waals surface area contributed by atoms with E-state index in [4.69, 9.17) is 14.8 Å². The number of ether oxygens (including phenoxy) is 1. The summed E-state index contributed by atoms with van der Waals surface area (Å²) in [5.41, 5.74) is 4.05. The van der Waals surface area contributed by atoms with E-state index < -0.39 is 0 Å². The van der Waals surface area contributed by atoms with Crippen molar-refractivity contribution in [1.29, 1.82) is 0 Å². The van der Waals surface area contributed by atoms with E-state index in [0.29, 0.717) is 0 Å². The Morgan fingerprint density at radius 3 is 2.61 bits per heavy atom. The lowest BCUT2D eigenvalue weighted by molar-refractivity contribution is 0.122. The number of nitrogens with zero attached hydrogens (tertiary/aromatic N) is 4. The standard InChI is InChI=1S/C17H17BrN4O/c1-12-11-14-15(18)16(13-5-3-2-4-6-13)20-22(14)17(19-12)21-7-9-23-10-8-21/h2-6,11H,7-10H2,1H3. The number of fused-ring (bicyclic) bond motifs is 1. The van der Waals surface area contributed by atoms with E-state index in [-0.39, 0.29) is 0 Å². The molecule has 1 aliphatic heterocycles. The van der Waals surface area contributed by atoms with Gasteiger partial charge < -0.3 is 9.64 Å². The Hall–Kier alpha value is -1.92. The van der Waals surface area contributed by atoms with Crippen molar-refractivity contribution in [3.05, 3.63) is 46.6 Å². The van der Waals surface area contributed by atoms with Crippen LogP contribution < -0.4 is 4.90 Å². The number of morpholine rings is 1. The molecule has 3 heterocycles. The van der Waals surface area contributed by atoms with Crippen LogP contribution in [0.15, 0.2) is 40.9 Å². The normalized spacial score (nSPS) is 15.3. The molecule has 0 aliphatic carbocycles. The highest BCUT2D eigenvalue weighted by atomic mass is 79.9. The molecule has 0 saturated carbocycles. The van der Waals surface area contributed by atoms with Crippen molar-refractivity contribution in [3.63, 3.8) is 0 Å². The Labute approximate surface area is 143 Å². The van der Waals surface area contributed by atoms with E-state index in [9.17, 15) is 0 Å². The molecule has 1 fully saturated rings. The Morgan fingerprint density at radius 2 is 1.87 bits per heavy atom. The first-order valence-electron chi connectivity index (χ1n) is 7.68. The fraction of sp³-hybridized carbons (Fsp3) is 0.294. The van der Waals surface area contributed by atoms with Crippen LogP contribution in [-0.2, 0) is 4.74 Å². The van der Waals surface area contributed by atoms with E-state index in [0.717, 1.165) is 59.2 Å². The molecule has 3 aromatic rings. The van der Waals surface area contributed by atoms with Crippen LogP contribution in [0.25, 0.3) is 16.8 Å². The van der Waals surface area contributed by atoms with Crippen LogP contribution in [0.2, 0.25) is 0 Å². The quantitative estimate of drug-likeness (QED) is 0.691. The number of hydrogen-bond acceptors (Lipinski definition) is 4. The number of rotatable bonds is 2. The van der Waals surface area contributed by atoms with Gasteiger partial charge in [-0.05, 0) is 28.9 Å². The summed E-state index contributed by atoms with van der Waals surface area (Å²) in [6.45, 7) is 5.15. The lowest BCUT2D eigenvalue weighted by Gasteiger charge is -2.28. The van der Waals surface area contributed by atoms with Gasteiger partial charge >= 0.3 is 0 Å². The summed E-state index contributed by atoms with van der Waals surface area (Å²) in [6, 6.07) is 12.3. The van der Waals surface area contributed by atoms with Gasteiger partial charge in [0.25, 0.3) is 0 Å². The maximum atomic E-state index is 5.45. The number of aromatic nitrogens is 3. The van der Waals surface area contributed by atoms with Crippen molar-refractivity contribution < 1.29 is 4.74 Å². The van der Waals surface area contributed by atoms with Crippen LogP contribution in [0.5, 0.6) is 0 Å². The van der Waals surface area contributed by atoms with E-state index in [1.54, 1.807) is 0 Å². The third-order valence-corrected chi connectivity index (χ3v) is 4.80. The maximum absolute atomic E-state index is 5.45. The molecular formula is C17H17BrN4O. The molecule has 1 aliphatic rings. The third-order valence-electron chi connectivity index (χ3n) is 4.01. The number of halogens is 1. The second-order valence-electron chi connectivity index (χ2n) is 5.62. The summed E-state index contributed by atoms with van der Waals surface area (Å²) in [5, 5.41) is 4.82. The highest BCUT2D eigenvalue weighted by Gasteiger charge is 2.20. The average Bonchev–Trinajstić information content (AvgIpc) is 2.93. The molecule has 0 atom stereocenters. The zero-order valence-electron chi connectivity index (χ0n) is 12.9. The fourth-order valence-electron chi connectivity index (χ4n) is 2.87. The molecule has 1 saturated heterocycles. The minimum atomic E-state index is 0.727. The number of hydrogen-bond donors (Lipinski definition) is 0. The summed E-state index contributed by atoms with van der Waals surface area (Å²) in [5.74, 6) is 0.881. The molecule has 0 bridgehead atoms. The molecule has 0 amide bonds. The Balaban J connectivity index is 1.91. The van der Waals surface area contributed by atoms with Gasteiger partial charge in [0, 0.05) is 24.3 Å². The van der Waals surface area contributed by atoms with Crippen molar-refractivity contribution in [2.24, 2.45) is 0 Å². The van der Waals surface area contributed by atoms with Crippen LogP contribution in [0.1, 0.15) is 5.69 Å². The van der Waals surface area contributed by atoms with Gasteiger partial charge in [-0.25, -0.2) is 4.98 Å². The van der Waals surface area contributed by atoms with Crippen molar-refractivity contribution in [3.8, 4) is 11.3 Å². The van der Waals surface area contributed by atoms with Gasteiger partial charge in [-0.1, -0.05) is 30.3 Å². The summed E-state index contributed by atoms with van der Waals surface area (Å²) >= 11 is 3.73. The molecule has 5 nitrogen and oxygen atoms in total. The summed E-state index contributed by atoms with van der Waals surface area (Å²) in [6.07, 6.45) is 0. The first-order valence-corrected chi connectivity index (χ1v) is 8.47. The van der Waals surface area contributed by atoms with E-state index in [1.165, 1.54) is 0 Å². The van der Waals surface area contributed by atoms with E-state index in [1.807, 2.05) is 29.6 Å². The molecule has 0 radical (unpaired) electrons. The first-order chi connectivity index (χ1) is 11.2. The predicted octanol–water partition coefficient (Wildman–Crippen LogP) is 3.30. The zero-order chi connectivity index (χ0) is 15.8. The van der Waals surface area contributed by atoms with Gasteiger partial charge in [0.2, 0.25) is 5.95 Å². The van der Waals surface area contributed by atoms with Crippen molar-refractivity contribution >= 4 is 27.4 Å². The first kappa shape index (κ1) is 14.7. The fourth-order valence-corrected chi connectivity index (χ4v) is 3.46. The number of benzene rings is 1. The minimum Gasteiger partial charge on any atom is -0.378 e. The van der Waals surface area contributed by atoms with Crippen molar-refractivity contribution in [1.82, 2.24) is 14.6 Å². The number of anilines is 1. The van der Waals surface area contributed by atoms with Gasteiger partial charge in [0.15, 0.2) is 0 Å². The molecular weight excluding hydrogens is 356 g/mol. The zero-order valence-corrected chi connectivity index (χ0v) is 14.5. The van der Waals surface area contributed by atoms with Gasteiger partial charge in [-0.15, -0.1) is 0 Å². The highest BCUT2D eigenvalue weighted by Crippen LogP contribution is 2.33. The molecule has 0 unspecified atom stereocenters. The third kappa shape index (κ3) is 2.62. The van der Waals surface area contributed by atoms with E-state index >= 15 is 0 Å². The highest BCUT2D eigenvalue weighted by molar-refractivity contribution is 9.10. The lowest BCUT2D eigenvalue weighted by Crippen LogP contribution is -2.38. The van der Waals surface area contributed by atoms with Crippen LogP contribution in [0, 0.1) is 6.92 Å². The van der Waals surface area contributed by atoms with Gasteiger partial charge in [-0.2, -0.15) is 9.61 Å². The SMILES string of the molecule is Cc1cc2c(Br)c(-c3ccccc3)nn2c(N2CCOCC2)n1. The summed E-state index contributed by atoms with van der Waals surface area (Å²) in [7, 11) is 0. The molecule has 0 N–H and O–H groups in total. The largest absolute Gasteiger partial charge is 0.378 e. The molecule has 0 spiro atoms. The molecule has 1 aromatic carbocycles. The molecule has 2 aromatic heterocycles. The van der Waals surface area contributed by atoms with Gasteiger partial charge in [-0.3, -0.25) is 0 Å². The molecule has 6 heteroatoms. The van der Waals surface area contributed by atoms with Gasteiger partial charge in [0.1, 0.15) is 5.69 Å². The smallest absolute Gasteiger partial charge is 0.227 e. The van der Waals surface area contributed by atoms with Crippen LogP contribution in [-0.4, -0.2) is 40.9 Å². The summed E-state index contributed by atoms with van der Waals surface area (Å²) in [4.78, 5) is 6.96. The van der Waals surface area contributed by atoms with Crippen LogP contribution >= 0.6 is 15.9 Å². The second kappa shape index (κ2) is 5.94. The molecule has 118 valence electrons. The monoisotopic (exact) mass is 372 g/mol. The average molecular weight is 373 g/mol. The lowest BCUT2D eigenvalue weighted by atomic mass is 10.1. The maximum Gasteiger partial charge on any atom is 0.227 e. The predicted molar refractivity (Wildman–Crippen MR) is 93.9 cm³/mol. The van der Waals surface area contributed by atoms with Gasteiger partial charge in [0.05, 0.1) is 23.2 Å². The minimum absolute atomic E-state index is 0.727. The topological polar surface area (TPSA) is 42.7 Å². The molecule has 23 heavy (non-hydrogen) atoms.